The van der Waals surface area contributed by atoms with E-state index < -0.39 is 0 Å². The molecule has 0 fully saturated rings. The van der Waals surface area contributed by atoms with Crippen molar-refractivity contribution in [3.8, 4) is 0 Å². The first-order valence-electron chi connectivity index (χ1n) is 6.37. The third-order valence-corrected chi connectivity index (χ3v) is 3.47. The van der Waals surface area contributed by atoms with Gasteiger partial charge in [-0.3, -0.25) is 9.48 Å². The van der Waals surface area contributed by atoms with E-state index in [9.17, 15) is 4.79 Å². The van der Waals surface area contributed by atoms with Crippen LogP contribution in [0.25, 0.3) is 0 Å². The molecule has 0 bridgehead atoms. The Labute approximate surface area is 132 Å². The monoisotopic (exact) mass is 327 g/mol. The van der Waals surface area contributed by atoms with Crippen LogP contribution in [0.15, 0.2) is 24.4 Å². The molecule has 0 saturated carbocycles. The summed E-state index contributed by atoms with van der Waals surface area (Å²) in [5.41, 5.74) is 6.43. The van der Waals surface area contributed by atoms with Gasteiger partial charge in [0.05, 0.1) is 18.8 Å². The molecule has 2 aromatic rings. The van der Waals surface area contributed by atoms with E-state index in [0.29, 0.717) is 23.1 Å². The number of nitrogens with zero attached hydrogens (tertiary/aromatic N) is 3. The Morgan fingerprint density at radius 1 is 1.48 bits per heavy atom. The van der Waals surface area contributed by atoms with Crippen LogP contribution in [0, 0.1) is 0 Å². The van der Waals surface area contributed by atoms with Crippen LogP contribution in [0.2, 0.25) is 10.0 Å². The molecule has 1 aromatic heterocycles. The summed E-state index contributed by atoms with van der Waals surface area (Å²) in [5.74, 6) is -0.322. The summed E-state index contributed by atoms with van der Waals surface area (Å²) in [6.45, 7) is 2.78. The fourth-order valence-corrected chi connectivity index (χ4v) is 2.42. The highest BCUT2D eigenvalue weighted by Crippen LogP contribution is 2.26. The third-order valence-electron chi connectivity index (χ3n) is 2.91. The normalized spacial score (nSPS) is 12.2. The molecule has 2 rings (SSSR count). The van der Waals surface area contributed by atoms with Gasteiger partial charge < -0.3 is 11.1 Å². The summed E-state index contributed by atoms with van der Waals surface area (Å²) in [6.07, 6.45) is 1.55. The number of hydrogen-bond acceptors (Lipinski definition) is 4. The minimum Gasteiger partial charge on any atom is -0.344 e. The van der Waals surface area contributed by atoms with E-state index in [1.165, 1.54) is 4.68 Å². The van der Waals surface area contributed by atoms with Crippen molar-refractivity contribution in [3.63, 3.8) is 0 Å². The van der Waals surface area contributed by atoms with E-state index in [1.807, 2.05) is 6.92 Å². The molecule has 8 heteroatoms. The van der Waals surface area contributed by atoms with Crippen molar-refractivity contribution in [2.75, 3.05) is 6.54 Å². The highest BCUT2D eigenvalue weighted by molar-refractivity contribution is 6.35. The molecule has 21 heavy (non-hydrogen) atoms. The molecule has 112 valence electrons. The molecule has 0 radical (unpaired) electrons. The van der Waals surface area contributed by atoms with Gasteiger partial charge in [0.2, 0.25) is 0 Å². The lowest BCUT2D eigenvalue weighted by atomic mass is 10.1. The van der Waals surface area contributed by atoms with E-state index in [0.717, 1.165) is 5.56 Å². The van der Waals surface area contributed by atoms with E-state index in [2.05, 4.69) is 15.6 Å². The Morgan fingerprint density at radius 2 is 2.24 bits per heavy atom. The Kier molecular flexibility index (Phi) is 5.17. The molecule has 1 atom stereocenters. The zero-order valence-electron chi connectivity index (χ0n) is 11.4. The maximum absolute atomic E-state index is 12.1. The molecule has 0 aliphatic carbocycles. The van der Waals surface area contributed by atoms with Crippen LogP contribution in [0.4, 0.5) is 0 Å². The maximum atomic E-state index is 12.1. The lowest BCUT2D eigenvalue weighted by Gasteiger charge is -2.15. The van der Waals surface area contributed by atoms with Gasteiger partial charge in [0, 0.05) is 16.6 Å². The smallest absolute Gasteiger partial charge is 0.273 e. The quantitative estimate of drug-likeness (QED) is 0.879. The van der Waals surface area contributed by atoms with Crippen LogP contribution in [-0.2, 0) is 6.54 Å². The van der Waals surface area contributed by atoms with Crippen molar-refractivity contribution in [1.82, 2.24) is 20.3 Å². The van der Waals surface area contributed by atoms with Crippen molar-refractivity contribution in [2.24, 2.45) is 5.73 Å². The molecule has 0 aliphatic rings. The number of rotatable bonds is 5. The van der Waals surface area contributed by atoms with Crippen molar-refractivity contribution in [1.29, 1.82) is 0 Å². The van der Waals surface area contributed by atoms with Gasteiger partial charge in [0.15, 0.2) is 5.69 Å². The number of amides is 1. The zero-order chi connectivity index (χ0) is 15.4. The number of carbonyl (C=O) groups excluding carboxylic acids is 1. The minimum absolute atomic E-state index is 0.236. The second-order valence-electron chi connectivity index (χ2n) is 4.52. The molecule has 0 aliphatic heterocycles. The van der Waals surface area contributed by atoms with Gasteiger partial charge in [-0.05, 0) is 24.6 Å². The van der Waals surface area contributed by atoms with Crippen LogP contribution >= 0.6 is 23.2 Å². The lowest BCUT2D eigenvalue weighted by molar-refractivity contribution is 0.0935. The number of aromatic nitrogens is 3. The molecule has 3 N–H and O–H groups in total. The molecule has 1 amide bonds. The highest BCUT2D eigenvalue weighted by atomic mass is 35.5. The standard InChI is InChI=1S/C13H15Cl2N5O/c1-8(10-3-2-9(14)6-11(10)15)17-13(21)12-7-20(5-4-16)19-18-12/h2-3,6-8H,4-5,16H2,1H3,(H,17,21). The summed E-state index contributed by atoms with van der Waals surface area (Å²) in [4.78, 5) is 12.1. The molecular weight excluding hydrogens is 313 g/mol. The predicted molar refractivity (Wildman–Crippen MR) is 81.4 cm³/mol. The zero-order valence-corrected chi connectivity index (χ0v) is 12.9. The third kappa shape index (κ3) is 3.93. The highest BCUT2D eigenvalue weighted by Gasteiger charge is 2.16. The van der Waals surface area contributed by atoms with Crippen molar-refractivity contribution in [3.05, 3.63) is 45.7 Å². The molecule has 1 unspecified atom stereocenters. The average molecular weight is 328 g/mol. The van der Waals surface area contributed by atoms with Crippen molar-refractivity contribution < 1.29 is 4.79 Å². The summed E-state index contributed by atoms with van der Waals surface area (Å²) in [7, 11) is 0. The van der Waals surface area contributed by atoms with Crippen LogP contribution in [0.3, 0.4) is 0 Å². The number of benzene rings is 1. The summed E-state index contributed by atoms with van der Waals surface area (Å²) in [6, 6.07) is 4.87. The van der Waals surface area contributed by atoms with E-state index in [1.54, 1.807) is 24.4 Å². The lowest BCUT2D eigenvalue weighted by Crippen LogP contribution is -2.27. The van der Waals surface area contributed by atoms with Crippen molar-refractivity contribution >= 4 is 29.1 Å². The van der Waals surface area contributed by atoms with Crippen molar-refractivity contribution in [2.45, 2.75) is 19.5 Å². The second kappa shape index (κ2) is 6.89. The molecule has 1 aromatic carbocycles. The van der Waals surface area contributed by atoms with Crippen LogP contribution in [0.5, 0.6) is 0 Å². The number of halogens is 2. The van der Waals surface area contributed by atoms with Crippen LogP contribution < -0.4 is 11.1 Å². The number of carbonyl (C=O) groups is 1. The Hall–Kier alpha value is -1.63. The fraction of sp³-hybridized carbons (Fsp3) is 0.308. The molecule has 6 nitrogen and oxygen atoms in total. The first-order chi connectivity index (χ1) is 10.0. The maximum Gasteiger partial charge on any atom is 0.273 e. The van der Waals surface area contributed by atoms with Crippen LogP contribution in [-0.4, -0.2) is 27.4 Å². The Bertz CT molecular complexity index is 643. The largest absolute Gasteiger partial charge is 0.344 e. The van der Waals surface area contributed by atoms with Gasteiger partial charge in [0.25, 0.3) is 5.91 Å². The molecule has 0 saturated heterocycles. The molecule has 1 heterocycles. The summed E-state index contributed by atoms with van der Waals surface area (Å²) in [5, 5.41) is 11.5. The number of nitrogens with one attached hydrogen (secondary N) is 1. The predicted octanol–water partition coefficient (Wildman–Crippen LogP) is 2.03. The van der Waals surface area contributed by atoms with Gasteiger partial charge in [-0.15, -0.1) is 5.10 Å². The SMILES string of the molecule is CC(NC(=O)c1cn(CCN)nn1)c1ccc(Cl)cc1Cl. The first-order valence-corrected chi connectivity index (χ1v) is 7.13. The molecular formula is C13H15Cl2N5O. The first kappa shape index (κ1) is 15.8. The van der Waals surface area contributed by atoms with Gasteiger partial charge in [-0.25, -0.2) is 0 Å². The van der Waals surface area contributed by atoms with Gasteiger partial charge in [-0.1, -0.05) is 34.5 Å². The van der Waals surface area contributed by atoms with Crippen LogP contribution in [0.1, 0.15) is 29.0 Å². The Balaban J connectivity index is 2.07. The summed E-state index contributed by atoms with van der Waals surface area (Å²) < 4.78 is 1.52. The van der Waals surface area contributed by atoms with Gasteiger partial charge in [0.1, 0.15) is 0 Å². The Morgan fingerprint density at radius 3 is 2.90 bits per heavy atom. The topological polar surface area (TPSA) is 85.8 Å². The van der Waals surface area contributed by atoms with Gasteiger partial charge >= 0.3 is 0 Å². The second-order valence-corrected chi connectivity index (χ2v) is 5.36. The summed E-state index contributed by atoms with van der Waals surface area (Å²) >= 11 is 12.0. The number of hydrogen-bond donors (Lipinski definition) is 2. The average Bonchev–Trinajstić information content (AvgIpc) is 2.87. The van der Waals surface area contributed by atoms with E-state index in [4.69, 9.17) is 28.9 Å². The molecule has 0 spiro atoms. The van der Waals surface area contributed by atoms with E-state index in [-0.39, 0.29) is 17.6 Å². The minimum atomic E-state index is -0.322. The fourth-order valence-electron chi connectivity index (χ4n) is 1.85. The van der Waals surface area contributed by atoms with E-state index >= 15 is 0 Å². The van der Waals surface area contributed by atoms with Gasteiger partial charge in [-0.2, -0.15) is 0 Å². The number of nitrogens with two attached hydrogens (primary N) is 1.